The molecule has 0 aromatic heterocycles. The smallest absolute Gasteiger partial charge is 0.317 e. The van der Waals surface area contributed by atoms with Gasteiger partial charge in [-0.1, -0.05) is 73.2 Å². The number of amides is 2. The predicted octanol–water partition coefficient (Wildman–Crippen LogP) is 4.87. The molecule has 4 rings (SSSR count). The largest absolute Gasteiger partial charge is 0.334 e. The van der Waals surface area contributed by atoms with Crippen molar-refractivity contribution < 1.29 is 13.2 Å². The lowest BCUT2D eigenvalue weighted by Crippen LogP contribution is -2.36. The Bertz CT molecular complexity index is 1210. The third-order valence-electron chi connectivity index (χ3n) is 6.18. The molecule has 1 aliphatic heterocycles. The van der Waals surface area contributed by atoms with Gasteiger partial charge in [0.05, 0.1) is 4.90 Å². The van der Waals surface area contributed by atoms with E-state index in [2.05, 4.69) is 23.5 Å². The van der Waals surface area contributed by atoms with E-state index in [9.17, 15) is 13.2 Å². The van der Waals surface area contributed by atoms with Crippen molar-refractivity contribution >= 4 is 16.1 Å². The Morgan fingerprint density at radius 3 is 2.24 bits per heavy atom. The van der Waals surface area contributed by atoms with Crippen molar-refractivity contribution in [3.63, 3.8) is 0 Å². The van der Waals surface area contributed by atoms with Crippen LogP contribution in [0.25, 0.3) is 11.1 Å². The van der Waals surface area contributed by atoms with E-state index in [1.54, 1.807) is 40.5 Å². The summed E-state index contributed by atoms with van der Waals surface area (Å²) in [5.74, 6) is 0. The molecule has 178 valence electrons. The molecule has 1 aliphatic rings. The first-order valence-electron chi connectivity index (χ1n) is 11.7. The number of nitrogens with zero attached hydrogens (tertiary/aromatic N) is 2. The van der Waals surface area contributed by atoms with E-state index in [0.29, 0.717) is 31.1 Å². The maximum Gasteiger partial charge on any atom is 0.317 e. The maximum absolute atomic E-state index is 12.8. The van der Waals surface area contributed by atoms with E-state index >= 15 is 0 Å². The molecular weight excluding hydrogens is 446 g/mol. The van der Waals surface area contributed by atoms with Gasteiger partial charge in [0.25, 0.3) is 0 Å². The lowest BCUT2D eigenvalue weighted by Gasteiger charge is -2.25. The molecule has 0 saturated carbocycles. The summed E-state index contributed by atoms with van der Waals surface area (Å²) in [6.07, 6.45) is 2.90. The Hall–Kier alpha value is -3.16. The molecule has 34 heavy (non-hydrogen) atoms. The summed E-state index contributed by atoms with van der Waals surface area (Å²) in [6, 6.07) is 24.8. The molecule has 0 atom stereocenters. The lowest BCUT2D eigenvalue weighted by atomic mass is 9.99. The molecular formula is C27H31N3O3S. The van der Waals surface area contributed by atoms with Crippen molar-refractivity contribution in [3.05, 3.63) is 90.0 Å². The SMILES string of the molecule is CN(Cc1ccccc1-c1ccccc1)C(=O)NCc1ccc(S(=O)(=O)N2CCCCC2)cc1. The van der Waals surface area contributed by atoms with E-state index in [4.69, 9.17) is 0 Å². The standard InChI is InChI=1S/C27H31N3O3S/c1-29(21-24-12-6-7-13-26(24)23-10-4-2-5-11-23)27(31)28-20-22-14-16-25(17-15-22)34(32,33)30-18-8-3-9-19-30/h2,4-7,10-17H,3,8-9,18-21H2,1H3,(H,28,31). The summed E-state index contributed by atoms with van der Waals surface area (Å²) >= 11 is 0. The zero-order chi connectivity index (χ0) is 24.0. The molecule has 3 aromatic rings. The Balaban J connectivity index is 1.35. The molecule has 1 heterocycles. The average Bonchev–Trinajstić information content (AvgIpc) is 2.89. The Labute approximate surface area is 202 Å². The number of urea groups is 1. The third kappa shape index (κ3) is 5.66. The van der Waals surface area contributed by atoms with Crippen molar-refractivity contribution in [1.29, 1.82) is 0 Å². The van der Waals surface area contributed by atoms with Crippen LogP contribution in [0.1, 0.15) is 30.4 Å². The Morgan fingerprint density at radius 1 is 0.882 bits per heavy atom. The molecule has 7 heteroatoms. The van der Waals surface area contributed by atoms with Crippen LogP contribution in [0.4, 0.5) is 4.79 Å². The topological polar surface area (TPSA) is 69.7 Å². The zero-order valence-electron chi connectivity index (χ0n) is 19.5. The highest BCUT2D eigenvalue weighted by atomic mass is 32.2. The summed E-state index contributed by atoms with van der Waals surface area (Å²) in [4.78, 5) is 14.7. The first kappa shape index (κ1) is 24.0. The van der Waals surface area contributed by atoms with Gasteiger partial charge in [-0.3, -0.25) is 0 Å². The number of rotatable bonds is 7. The minimum atomic E-state index is -3.45. The molecule has 0 aliphatic carbocycles. The fourth-order valence-electron chi connectivity index (χ4n) is 4.23. The van der Waals surface area contributed by atoms with E-state index in [0.717, 1.165) is 41.5 Å². The maximum atomic E-state index is 12.8. The first-order chi connectivity index (χ1) is 16.4. The van der Waals surface area contributed by atoms with Crippen LogP contribution in [0.2, 0.25) is 0 Å². The molecule has 2 amide bonds. The van der Waals surface area contributed by atoms with Crippen molar-refractivity contribution in [2.45, 2.75) is 37.2 Å². The summed E-state index contributed by atoms with van der Waals surface area (Å²) < 4.78 is 27.2. The number of sulfonamides is 1. The Morgan fingerprint density at radius 2 is 1.53 bits per heavy atom. The van der Waals surface area contributed by atoms with Crippen molar-refractivity contribution in [3.8, 4) is 11.1 Å². The van der Waals surface area contributed by atoms with Gasteiger partial charge in [-0.25, -0.2) is 13.2 Å². The van der Waals surface area contributed by atoms with Crippen LogP contribution in [0.15, 0.2) is 83.8 Å². The van der Waals surface area contributed by atoms with Crippen LogP contribution in [0, 0.1) is 0 Å². The van der Waals surface area contributed by atoms with Crippen LogP contribution in [0.3, 0.4) is 0 Å². The number of carbonyl (C=O) groups is 1. The molecule has 6 nitrogen and oxygen atoms in total. The summed E-state index contributed by atoms with van der Waals surface area (Å²) in [5.41, 5.74) is 4.14. The lowest BCUT2D eigenvalue weighted by molar-refractivity contribution is 0.206. The van der Waals surface area contributed by atoms with Gasteiger partial charge in [0.2, 0.25) is 10.0 Å². The highest BCUT2D eigenvalue weighted by molar-refractivity contribution is 7.89. The van der Waals surface area contributed by atoms with E-state index in [1.807, 2.05) is 36.4 Å². The van der Waals surface area contributed by atoms with Gasteiger partial charge >= 0.3 is 6.03 Å². The van der Waals surface area contributed by atoms with E-state index < -0.39 is 10.0 Å². The number of carbonyl (C=O) groups excluding carboxylic acids is 1. The molecule has 0 unspecified atom stereocenters. The molecule has 1 saturated heterocycles. The fourth-order valence-corrected chi connectivity index (χ4v) is 5.75. The van der Waals surface area contributed by atoms with Gasteiger partial charge in [-0.2, -0.15) is 4.31 Å². The van der Waals surface area contributed by atoms with Crippen molar-refractivity contribution in [2.24, 2.45) is 0 Å². The van der Waals surface area contributed by atoms with Crippen LogP contribution in [-0.4, -0.2) is 43.8 Å². The number of hydrogen-bond acceptors (Lipinski definition) is 3. The summed E-state index contributed by atoms with van der Waals surface area (Å²) in [7, 11) is -1.68. The second-order valence-corrected chi connectivity index (χ2v) is 10.6. The number of piperidine rings is 1. The van der Waals surface area contributed by atoms with Gasteiger partial charge in [-0.15, -0.1) is 0 Å². The average molecular weight is 478 g/mol. The molecule has 1 N–H and O–H groups in total. The second-order valence-electron chi connectivity index (χ2n) is 8.65. The monoisotopic (exact) mass is 477 g/mol. The molecule has 3 aromatic carbocycles. The third-order valence-corrected chi connectivity index (χ3v) is 8.09. The highest BCUT2D eigenvalue weighted by Gasteiger charge is 2.25. The van der Waals surface area contributed by atoms with Gasteiger partial charge in [0.1, 0.15) is 0 Å². The van der Waals surface area contributed by atoms with Crippen molar-refractivity contribution in [1.82, 2.24) is 14.5 Å². The summed E-state index contributed by atoms with van der Waals surface area (Å²) in [6.45, 7) is 1.97. The van der Waals surface area contributed by atoms with Crippen LogP contribution < -0.4 is 5.32 Å². The number of nitrogens with one attached hydrogen (secondary N) is 1. The van der Waals surface area contributed by atoms with Gasteiger partial charge < -0.3 is 10.2 Å². The van der Waals surface area contributed by atoms with Crippen LogP contribution in [0.5, 0.6) is 0 Å². The first-order valence-corrected chi connectivity index (χ1v) is 13.1. The Kier molecular flexibility index (Phi) is 7.65. The normalized spacial score (nSPS) is 14.5. The van der Waals surface area contributed by atoms with Crippen LogP contribution >= 0.6 is 0 Å². The zero-order valence-corrected chi connectivity index (χ0v) is 20.3. The molecule has 0 bridgehead atoms. The molecule has 0 spiro atoms. The number of hydrogen-bond donors (Lipinski definition) is 1. The van der Waals surface area contributed by atoms with E-state index in [1.165, 1.54) is 0 Å². The van der Waals surface area contributed by atoms with Crippen molar-refractivity contribution in [2.75, 3.05) is 20.1 Å². The molecule has 1 fully saturated rings. The number of benzene rings is 3. The van der Waals surface area contributed by atoms with Crippen LogP contribution in [-0.2, 0) is 23.1 Å². The molecule has 0 radical (unpaired) electrons. The second kappa shape index (κ2) is 10.8. The van der Waals surface area contributed by atoms with Gasteiger partial charge in [-0.05, 0) is 47.2 Å². The van der Waals surface area contributed by atoms with Gasteiger partial charge in [0.15, 0.2) is 0 Å². The highest BCUT2D eigenvalue weighted by Crippen LogP contribution is 2.24. The quantitative estimate of drug-likeness (QED) is 0.528. The minimum absolute atomic E-state index is 0.187. The van der Waals surface area contributed by atoms with Gasteiger partial charge in [0, 0.05) is 33.2 Å². The summed E-state index contributed by atoms with van der Waals surface area (Å²) in [5, 5.41) is 2.93. The van der Waals surface area contributed by atoms with E-state index in [-0.39, 0.29) is 6.03 Å². The predicted molar refractivity (Wildman–Crippen MR) is 135 cm³/mol. The minimum Gasteiger partial charge on any atom is -0.334 e. The fraction of sp³-hybridized carbons (Fsp3) is 0.296.